The summed E-state index contributed by atoms with van der Waals surface area (Å²) in [6, 6.07) is 0. The molecule has 0 rings (SSSR count). The van der Waals surface area contributed by atoms with Crippen molar-refractivity contribution in [3.8, 4) is 0 Å². The molecule has 0 saturated carbocycles. The molecule has 0 spiro atoms. The van der Waals surface area contributed by atoms with Crippen LogP contribution < -0.4 is 0 Å². The van der Waals surface area contributed by atoms with Crippen LogP contribution in [-0.2, 0) is 19.1 Å². The monoisotopic (exact) mass is 895 g/mol. The van der Waals surface area contributed by atoms with E-state index >= 15 is 0 Å². The fourth-order valence-corrected chi connectivity index (χ4v) is 9.62. The second kappa shape index (κ2) is 41.6. The highest BCUT2D eigenvalue weighted by atomic mass is 16.7. The van der Waals surface area contributed by atoms with Crippen molar-refractivity contribution in [3.05, 3.63) is 0 Å². The normalized spacial score (nSPS) is 14.2. The summed E-state index contributed by atoms with van der Waals surface area (Å²) in [7, 11) is 0. The number of nitrogens with zero attached hydrogens (tertiary/aromatic N) is 2. The van der Waals surface area contributed by atoms with E-state index in [0.717, 1.165) is 187 Å². The van der Waals surface area contributed by atoms with E-state index in [-0.39, 0.29) is 6.10 Å². The first-order valence-electron chi connectivity index (χ1n) is 27.3. The zero-order valence-electron chi connectivity index (χ0n) is 42.9. The van der Waals surface area contributed by atoms with Crippen molar-refractivity contribution in [2.24, 2.45) is 10.8 Å². The molecule has 0 bridgehead atoms. The van der Waals surface area contributed by atoms with E-state index < -0.39 is 28.9 Å². The summed E-state index contributed by atoms with van der Waals surface area (Å²) in [4.78, 5) is 43.7. The molecule has 374 valence electrons. The minimum Gasteiger partial charge on any atom is -0.481 e. The number of likely N-dealkylation sites (N-methyl/N-ethyl adjacent to an activating group) is 2. The van der Waals surface area contributed by atoms with Gasteiger partial charge < -0.3 is 24.6 Å². The van der Waals surface area contributed by atoms with Gasteiger partial charge in [0.05, 0.1) is 10.8 Å². The van der Waals surface area contributed by atoms with Crippen molar-refractivity contribution >= 4 is 18.1 Å². The molecule has 0 aromatic rings. The number of hydrogen-bond acceptors (Lipinski definition) is 7. The molecule has 0 fully saturated rings. The lowest BCUT2D eigenvalue weighted by Gasteiger charge is -2.30. The number of carbonyl (C=O) groups excluding carboxylic acids is 1. The Morgan fingerprint density at radius 2 is 0.714 bits per heavy atom. The highest BCUT2D eigenvalue weighted by Gasteiger charge is 2.38. The van der Waals surface area contributed by atoms with Crippen molar-refractivity contribution in [1.82, 2.24) is 9.80 Å². The fraction of sp³-hybridized carbons (Fsp3) is 0.944. The first-order chi connectivity index (χ1) is 30.5. The second-order valence-corrected chi connectivity index (χ2v) is 19.3. The van der Waals surface area contributed by atoms with Gasteiger partial charge in [0.15, 0.2) is 0 Å². The van der Waals surface area contributed by atoms with Crippen LogP contribution in [0.1, 0.15) is 267 Å². The summed E-state index contributed by atoms with van der Waals surface area (Å²) in [6.07, 6.45) is 33.1. The van der Waals surface area contributed by atoms with Gasteiger partial charge in [0.2, 0.25) is 0 Å². The molecule has 0 saturated heterocycles. The first kappa shape index (κ1) is 61.1. The van der Waals surface area contributed by atoms with Crippen LogP contribution in [0.25, 0.3) is 0 Å². The van der Waals surface area contributed by atoms with Crippen LogP contribution in [0.3, 0.4) is 0 Å². The van der Waals surface area contributed by atoms with Gasteiger partial charge in [-0.2, -0.15) is 0 Å². The molecule has 0 aromatic carbocycles. The van der Waals surface area contributed by atoms with Crippen LogP contribution >= 0.6 is 0 Å². The van der Waals surface area contributed by atoms with E-state index in [2.05, 4.69) is 58.3 Å². The minimum atomic E-state index is -0.647. The van der Waals surface area contributed by atoms with Crippen molar-refractivity contribution < 1.29 is 34.1 Å². The molecule has 0 radical (unpaired) electrons. The van der Waals surface area contributed by atoms with E-state index in [1.54, 1.807) is 0 Å². The molecule has 0 aliphatic heterocycles. The molecular weight excluding hydrogens is 789 g/mol. The lowest BCUT2D eigenvalue weighted by Crippen LogP contribution is -2.37. The van der Waals surface area contributed by atoms with Gasteiger partial charge in [-0.05, 0) is 83.8 Å². The van der Waals surface area contributed by atoms with Gasteiger partial charge in [0.25, 0.3) is 0 Å². The number of hydrogen-bond donors (Lipinski definition) is 2. The Morgan fingerprint density at radius 3 is 1.05 bits per heavy atom. The Morgan fingerprint density at radius 1 is 0.413 bits per heavy atom. The summed E-state index contributed by atoms with van der Waals surface area (Å²) in [5.41, 5.74) is -1.29. The maximum absolute atomic E-state index is 13.1. The largest absolute Gasteiger partial charge is 0.508 e. The highest BCUT2D eigenvalue weighted by molar-refractivity contribution is 5.75. The van der Waals surface area contributed by atoms with E-state index in [9.17, 15) is 24.6 Å². The van der Waals surface area contributed by atoms with E-state index in [4.69, 9.17) is 9.47 Å². The van der Waals surface area contributed by atoms with E-state index in [1.165, 1.54) is 51.4 Å². The van der Waals surface area contributed by atoms with Gasteiger partial charge in [-0.15, -0.1) is 0 Å². The second-order valence-electron chi connectivity index (χ2n) is 19.3. The Labute approximate surface area is 390 Å². The molecule has 9 heteroatoms. The number of carbonyl (C=O) groups is 3. The number of aliphatic carboxylic acids is 2. The smallest absolute Gasteiger partial charge is 0.481 e. The third kappa shape index (κ3) is 30.9. The summed E-state index contributed by atoms with van der Waals surface area (Å²) >= 11 is 0. The van der Waals surface area contributed by atoms with Crippen LogP contribution in [0, 0.1) is 10.8 Å². The predicted molar refractivity (Wildman–Crippen MR) is 266 cm³/mol. The number of carboxylic acids is 2. The minimum absolute atomic E-state index is 0.273. The molecule has 2 unspecified atom stereocenters. The molecule has 0 amide bonds. The Kier molecular flexibility index (Phi) is 40.3. The van der Waals surface area contributed by atoms with Crippen molar-refractivity contribution in [1.29, 1.82) is 0 Å². The molecule has 0 aliphatic carbocycles. The summed E-state index contributed by atoms with van der Waals surface area (Å²) in [6.45, 7) is 21.2. The third-order valence-corrected chi connectivity index (χ3v) is 14.3. The quantitative estimate of drug-likeness (QED) is 0.0455. The summed E-state index contributed by atoms with van der Waals surface area (Å²) in [5.74, 6) is -1.24. The van der Waals surface area contributed by atoms with Crippen LogP contribution in [-0.4, -0.2) is 90.1 Å². The Balaban J connectivity index is 5.64. The topological polar surface area (TPSA) is 117 Å². The summed E-state index contributed by atoms with van der Waals surface area (Å²) < 4.78 is 11.7. The number of unbranched alkanes of at least 4 members (excludes halogenated alkanes) is 20. The zero-order valence-corrected chi connectivity index (χ0v) is 42.9. The predicted octanol–water partition coefficient (Wildman–Crippen LogP) is 15.7. The number of ether oxygens (including phenoxy) is 2. The maximum Gasteiger partial charge on any atom is 0.508 e. The van der Waals surface area contributed by atoms with Gasteiger partial charge in [-0.25, -0.2) is 4.79 Å². The van der Waals surface area contributed by atoms with Crippen molar-refractivity contribution in [3.63, 3.8) is 0 Å². The Hall–Kier alpha value is -1.87. The van der Waals surface area contributed by atoms with Gasteiger partial charge in [-0.1, -0.05) is 203 Å². The molecule has 63 heavy (non-hydrogen) atoms. The number of carboxylic acid groups (broad SMARTS) is 2. The molecule has 0 aromatic heterocycles. The first-order valence-corrected chi connectivity index (χ1v) is 27.3. The molecule has 9 nitrogen and oxygen atoms in total. The third-order valence-electron chi connectivity index (χ3n) is 14.3. The van der Waals surface area contributed by atoms with E-state index in [1.807, 2.05) is 0 Å². The zero-order chi connectivity index (χ0) is 46.9. The highest BCUT2D eigenvalue weighted by Crippen LogP contribution is 2.39. The van der Waals surface area contributed by atoms with E-state index in [0.29, 0.717) is 26.0 Å². The van der Waals surface area contributed by atoms with Gasteiger partial charge >= 0.3 is 18.1 Å². The fourth-order valence-electron chi connectivity index (χ4n) is 9.62. The average Bonchev–Trinajstić information content (AvgIpc) is 3.27. The van der Waals surface area contributed by atoms with Crippen LogP contribution in [0.2, 0.25) is 0 Å². The van der Waals surface area contributed by atoms with Gasteiger partial charge in [0.1, 0.15) is 12.7 Å². The van der Waals surface area contributed by atoms with Crippen LogP contribution in [0.5, 0.6) is 0 Å². The Bertz CT molecular complexity index is 1010. The van der Waals surface area contributed by atoms with Gasteiger partial charge in [-0.3, -0.25) is 14.5 Å². The molecule has 2 N–H and O–H groups in total. The molecule has 0 heterocycles. The lowest BCUT2D eigenvalue weighted by atomic mass is 9.74. The number of rotatable bonds is 48. The molecule has 0 aliphatic rings. The van der Waals surface area contributed by atoms with Gasteiger partial charge in [0, 0.05) is 19.6 Å². The molecular formula is C54H106N2O7. The van der Waals surface area contributed by atoms with Crippen LogP contribution in [0.4, 0.5) is 4.79 Å². The van der Waals surface area contributed by atoms with Crippen molar-refractivity contribution in [2.75, 3.05) is 45.9 Å². The van der Waals surface area contributed by atoms with Crippen LogP contribution in [0.15, 0.2) is 0 Å². The van der Waals surface area contributed by atoms with Crippen molar-refractivity contribution in [2.45, 2.75) is 273 Å². The lowest BCUT2D eigenvalue weighted by molar-refractivity contribution is -0.151. The SMILES string of the molecule is CCCCCCCCC(CCCCCC)(CCCCCC(CCCCCC(CCCCCC)(CCCCCCCC)C(=O)O)OC(=O)OCCN(CC)CCN(CC)CC)C(=O)O. The summed E-state index contributed by atoms with van der Waals surface area (Å²) in [5, 5.41) is 21.2. The molecule has 2 atom stereocenters. The standard InChI is InChI=1S/C54H106N2O7/c1-8-15-19-23-25-33-41-53(50(57)58,39-31-21-17-10-3)43-35-27-29-37-49(63-52(61)62-48-47-56(14-7)46-45-55(12-5)13-6)38-30-28-36-44-54(51(59)60,40-32-22-18-11-4)42-34-26-24-20-16-9-2/h49H,8-48H2,1-7H3,(H,57,58)(H,59,60). The average molecular weight is 895 g/mol. The maximum atomic E-state index is 13.1.